The molecular formula is C15H29NO2. The van der Waals surface area contributed by atoms with E-state index in [1.165, 1.54) is 32.1 Å². The molecule has 0 saturated heterocycles. The Kier molecular flexibility index (Phi) is 5.46. The molecule has 2 aliphatic carbocycles. The predicted molar refractivity (Wildman–Crippen MR) is 73.7 cm³/mol. The predicted octanol–water partition coefficient (Wildman–Crippen LogP) is 2.48. The highest BCUT2D eigenvalue weighted by Gasteiger charge is 2.33. The molecule has 0 amide bonds. The van der Waals surface area contributed by atoms with Crippen LogP contribution >= 0.6 is 0 Å². The van der Waals surface area contributed by atoms with Crippen molar-refractivity contribution in [3.05, 3.63) is 0 Å². The molecule has 3 heteroatoms. The SMILES string of the molecule is CCC(CO)(CCCOCCC1CC1)NC1CC1. The fourth-order valence-electron chi connectivity index (χ4n) is 2.52. The molecule has 2 saturated carbocycles. The zero-order chi connectivity index (χ0) is 12.8. The molecule has 2 fully saturated rings. The van der Waals surface area contributed by atoms with Gasteiger partial charge in [0.05, 0.1) is 6.61 Å². The van der Waals surface area contributed by atoms with E-state index in [9.17, 15) is 5.11 Å². The van der Waals surface area contributed by atoms with Crippen LogP contribution in [0, 0.1) is 5.92 Å². The Morgan fingerprint density at radius 3 is 2.56 bits per heavy atom. The average molecular weight is 255 g/mol. The van der Waals surface area contributed by atoms with Gasteiger partial charge in [0.2, 0.25) is 0 Å². The summed E-state index contributed by atoms with van der Waals surface area (Å²) in [4.78, 5) is 0. The first-order valence-electron chi connectivity index (χ1n) is 7.74. The minimum atomic E-state index is -0.0545. The molecule has 1 unspecified atom stereocenters. The fourth-order valence-corrected chi connectivity index (χ4v) is 2.52. The van der Waals surface area contributed by atoms with Crippen LogP contribution in [0.5, 0.6) is 0 Å². The Hall–Kier alpha value is -0.120. The number of aliphatic hydroxyl groups is 1. The monoisotopic (exact) mass is 255 g/mol. The van der Waals surface area contributed by atoms with E-state index in [-0.39, 0.29) is 12.1 Å². The highest BCUT2D eigenvalue weighted by atomic mass is 16.5. The third-order valence-corrected chi connectivity index (χ3v) is 4.38. The molecular weight excluding hydrogens is 226 g/mol. The third kappa shape index (κ3) is 4.87. The van der Waals surface area contributed by atoms with E-state index in [0.29, 0.717) is 6.04 Å². The largest absolute Gasteiger partial charge is 0.394 e. The van der Waals surface area contributed by atoms with Crippen LogP contribution in [0.2, 0.25) is 0 Å². The Balaban J connectivity index is 1.55. The quantitative estimate of drug-likeness (QED) is 0.557. The second-order valence-corrected chi connectivity index (χ2v) is 6.16. The van der Waals surface area contributed by atoms with Crippen molar-refractivity contribution in [2.75, 3.05) is 19.8 Å². The third-order valence-electron chi connectivity index (χ3n) is 4.38. The maximum atomic E-state index is 9.63. The Morgan fingerprint density at radius 2 is 2.00 bits per heavy atom. The van der Waals surface area contributed by atoms with E-state index in [2.05, 4.69) is 12.2 Å². The van der Waals surface area contributed by atoms with Crippen molar-refractivity contribution in [1.29, 1.82) is 0 Å². The van der Waals surface area contributed by atoms with Crippen molar-refractivity contribution in [3.8, 4) is 0 Å². The Bertz CT molecular complexity index is 233. The second-order valence-electron chi connectivity index (χ2n) is 6.16. The first-order chi connectivity index (χ1) is 8.78. The van der Waals surface area contributed by atoms with Crippen LogP contribution in [0.25, 0.3) is 0 Å². The molecule has 2 aliphatic rings. The lowest BCUT2D eigenvalue weighted by atomic mass is 9.91. The van der Waals surface area contributed by atoms with Crippen molar-refractivity contribution in [1.82, 2.24) is 5.32 Å². The molecule has 0 radical (unpaired) electrons. The summed E-state index contributed by atoms with van der Waals surface area (Å²) < 4.78 is 5.68. The molecule has 2 N–H and O–H groups in total. The number of nitrogens with one attached hydrogen (secondary N) is 1. The summed E-state index contributed by atoms with van der Waals surface area (Å²) >= 11 is 0. The molecule has 0 aromatic rings. The maximum Gasteiger partial charge on any atom is 0.0613 e. The van der Waals surface area contributed by atoms with Gasteiger partial charge in [-0.15, -0.1) is 0 Å². The van der Waals surface area contributed by atoms with Crippen molar-refractivity contribution >= 4 is 0 Å². The second kappa shape index (κ2) is 6.88. The van der Waals surface area contributed by atoms with Crippen molar-refractivity contribution in [2.45, 2.75) is 69.9 Å². The van der Waals surface area contributed by atoms with Crippen LogP contribution in [0.15, 0.2) is 0 Å². The van der Waals surface area contributed by atoms with Gasteiger partial charge in [0.1, 0.15) is 0 Å². The van der Waals surface area contributed by atoms with E-state index in [1.54, 1.807) is 0 Å². The summed E-state index contributed by atoms with van der Waals surface area (Å²) in [5.41, 5.74) is -0.0545. The molecule has 106 valence electrons. The lowest BCUT2D eigenvalue weighted by Gasteiger charge is -2.32. The van der Waals surface area contributed by atoms with Gasteiger partial charge in [-0.1, -0.05) is 19.8 Å². The van der Waals surface area contributed by atoms with Crippen LogP contribution in [-0.4, -0.2) is 36.5 Å². The minimum Gasteiger partial charge on any atom is -0.394 e. The number of aliphatic hydroxyl groups excluding tert-OH is 1. The van der Waals surface area contributed by atoms with Crippen molar-refractivity contribution < 1.29 is 9.84 Å². The average Bonchev–Trinajstić information content (AvgIpc) is 3.26. The first kappa shape index (κ1) is 14.3. The van der Waals surface area contributed by atoms with E-state index >= 15 is 0 Å². The molecule has 18 heavy (non-hydrogen) atoms. The number of ether oxygens (including phenoxy) is 1. The van der Waals surface area contributed by atoms with Gasteiger partial charge >= 0.3 is 0 Å². The molecule has 2 rings (SSSR count). The molecule has 0 aromatic carbocycles. The maximum absolute atomic E-state index is 9.63. The highest BCUT2D eigenvalue weighted by molar-refractivity contribution is 4.94. The topological polar surface area (TPSA) is 41.5 Å². The zero-order valence-electron chi connectivity index (χ0n) is 11.8. The van der Waals surface area contributed by atoms with Gasteiger partial charge in [-0.2, -0.15) is 0 Å². The normalized spacial score (nSPS) is 23.0. The first-order valence-corrected chi connectivity index (χ1v) is 7.74. The molecule has 1 atom stereocenters. The molecule has 0 spiro atoms. The van der Waals surface area contributed by atoms with E-state index < -0.39 is 0 Å². The molecule has 3 nitrogen and oxygen atoms in total. The lowest BCUT2D eigenvalue weighted by molar-refractivity contribution is 0.0987. The van der Waals surface area contributed by atoms with Crippen LogP contribution in [0.3, 0.4) is 0 Å². The Labute approximate surface area is 111 Å². The molecule has 0 aromatic heterocycles. The number of rotatable bonds is 11. The van der Waals surface area contributed by atoms with Gasteiger partial charge in [0, 0.05) is 24.8 Å². The van der Waals surface area contributed by atoms with Crippen molar-refractivity contribution in [3.63, 3.8) is 0 Å². The molecule has 0 heterocycles. The van der Waals surface area contributed by atoms with E-state index in [0.717, 1.165) is 38.4 Å². The summed E-state index contributed by atoms with van der Waals surface area (Å²) in [6.07, 6.45) is 9.72. The smallest absolute Gasteiger partial charge is 0.0613 e. The minimum absolute atomic E-state index is 0.0545. The molecule has 0 aliphatic heterocycles. The van der Waals surface area contributed by atoms with Gasteiger partial charge in [0.25, 0.3) is 0 Å². The van der Waals surface area contributed by atoms with Crippen molar-refractivity contribution in [2.24, 2.45) is 5.92 Å². The Morgan fingerprint density at radius 1 is 1.22 bits per heavy atom. The summed E-state index contributed by atoms with van der Waals surface area (Å²) in [6, 6.07) is 0.660. The fraction of sp³-hybridized carbons (Fsp3) is 1.00. The van der Waals surface area contributed by atoms with Crippen LogP contribution < -0.4 is 5.32 Å². The van der Waals surface area contributed by atoms with E-state index in [4.69, 9.17) is 4.74 Å². The number of hydrogen-bond donors (Lipinski definition) is 2. The van der Waals surface area contributed by atoms with Crippen LogP contribution in [-0.2, 0) is 4.74 Å². The van der Waals surface area contributed by atoms with Gasteiger partial charge in [-0.25, -0.2) is 0 Å². The summed E-state index contributed by atoms with van der Waals surface area (Å²) in [5, 5.41) is 13.3. The summed E-state index contributed by atoms with van der Waals surface area (Å²) in [6.45, 7) is 4.20. The standard InChI is InChI=1S/C15H29NO2/c1-2-15(12-17,16-14-6-7-14)9-3-10-18-11-8-13-4-5-13/h13-14,16-17H,2-12H2,1H3. The van der Waals surface area contributed by atoms with Gasteiger partial charge in [0.15, 0.2) is 0 Å². The molecule has 0 bridgehead atoms. The zero-order valence-corrected chi connectivity index (χ0v) is 11.8. The van der Waals surface area contributed by atoms with Gasteiger partial charge < -0.3 is 15.2 Å². The number of hydrogen-bond acceptors (Lipinski definition) is 3. The van der Waals surface area contributed by atoms with Gasteiger partial charge in [-0.3, -0.25) is 0 Å². The summed E-state index contributed by atoms with van der Waals surface area (Å²) in [5.74, 6) is 0.966. The van der Waals surface area contributed by atoms with Crippen LogP contribution in [0.4, 0.5) is 0 Å². The lowest BCUT2D eigenvalue weighted by Crippen LogP contribution is -2.49. The van der Waals surface area contributed by atoms with Gasteiger partial charge in [-0.05, 0) is 44.4 Å². The highest BCUT2D eigenvalue weighted by Crippen LogP contribution is 2.32. The summed E-state index contributed by atoms with van der Waals surface area (Å²) in [7, 11) is 0. The van der Waals surface area contributed by atoms with Crippen LogP contribution in [0.1, 0.15) is 58.3 Å². The van der Waals surface area contributed by atoms with E-state index in [1.807, 2.05) is 0 Å².